The topological polar surface area (TPSA) is 119 Å². The Balaban J connectivity index is 2.74. The summed E-state index contributed by atoms with van der Waals surface area (Å²) in [5.74, 6) is -1.80. The molecule has 1 aromatic carbocycles. The van der Waals surface area contributed by atoms with Crippen LogP contribution in [0, 0.1) is 0 Å². The molecule has 0 spiro atoms. The lowest BCUT2D eigenvalue weighted by atomic mass is 10.1. The molecule has 0 aliphatic rings. The number of hydrogen-bond acceptors (Lipinski definition) is 4. The Bertz CT molecular complexity index is 502. The highest BCUT2D eigenvalue weighted by atomic mass is 16.4. The van der Waals surface area contributed by atoms with Crippen LogP contribution < -0.4 is 10.6 Å². The Morgan fingerprint density at radius 1 is 1.15 bits per heavy atom. The monoisotopic (exact) mass is 282 g/mol. The van der Waals surface area contributed by atoms with Crippen molar-refractivity contribution in [3.63, 3.8) is 0 Å². The van der Waals surface area contributed by atoms with Crippen LogP contribution in [0.4, 0.5) is 4.79 Å². The van der Waals surface area contributed by atoms with Crippen LogP contribution in [0.1, 0.15) is 19.4 Å². The molecule has 0 fully saturated rings. The summed E-state index contributed by atoms with van der Waals surface area (Å²) in [5, 5.41) is 32.5. The van der Waals surface area contributed by atoms with E-state index in [0.717, 1.165) is 0 Å². The van der Waals surface area contributed by atoms with Crippen molar-refractivity contribution in [2.75, 3.05) is 0 Å². The quantitative estimate of drug-likeness (QED) is 0.512. The van der Waals surface area contributed by atoms with Crippen LogP contribution in [0.5, 0.6) is 11.5 Å². The lowest BCUT2D eigenvalue weighted by Gasteiger charge is -2.16. The average Bonchev–Trinajstić information content (AvgIpc) is 2.31. The minimum absolute atomic E-state index is 0.00527. The summed E-state index contributed by atoms with van der Waals surface area (Å²) in [6, 6.07) is 2.19. The lowest BCUT2D eigenvalue weighted by molar-refractivity contribution is -0.139. The molecule has 0 bridgehead atoms. The third-order valence-corrected chi connectivity index (χ3v) is 2.50. The maximum atomic E-state index is 11.5. The van der Waals surface area contributed by atoms with Crippen molar-refractivity contribution in [1.82, 2.24) is 10.6 Å². The van der Waals surface area contributed by atoms with E-state index in [-0.39, 0.29) is 24.0 Å². The summed E-state index contributed by atoms with van der Waals surface area (Å²) in [6.45, 7) is 3.51. The Labute approximate surface area is 116 Å². The zero-order chi connectivity index (χ0) is 15.3. The molecule has 5 N–H and O–H groups in total. The molecule has 1 atom stereocenters. The zero-order valence-electron chi connectivity index (χ0n) is 11.3. The van der Waals surface area contributed by atoms with E-state index in [1.807, 2.05) is 0 Å². The van der Waals surface area contributed by atoms with Gasteiger partial charge in [0.25, 0.3) is 0 Å². The predicted octanol–water partition coefficient (Wildman–Crippen LogP) is 0.801. The van der Waals surface area contributed by atoms with Crippen molar-refractivity contribution in [3.8, 4) is 11.5 Å². The summed E-state index contributed by atoms with van der Waals surface area (Å²) in [6.07, 6.45) is -0.00527. The molecule has 7 nitrogen and oxygen atoms in total. The first-order valence-electron chi connectivity index (χ1n) is 6.10. The van der Waals surface area contributed by atoms with Gasteiger partial charge in [0.2, 0.25) is 0 Å². The number of urea groups is 1. The summed E-state index contributed by atoms with van der Waals surface area (Å²) >= 11 is 0. The van der Waals surface area contributed by atoms with Gasteiger partial charge in [-0.25, -0.2) is 9.59 Å². The molecule has 1 aromatic rings. The van der Waals surface area contributed by atoms with Crippen molar-refractivity contribution in [2.45, 2.75) is 32.4 Å². The molecule has 7 heteroatoms. The largest absolute Gasteiger partial charge is 0.504 e. The highest BCUT2D eigenvalue weighted by Crippen LogP contribution is 2.25. The van der Waals surface area contributed by atoms with E-state index in [2.05, 4.69) is 10.6 Å². The minimum atomic E-state index is -1.18. The first-order valence-corrected chi connectivity index (χ1v) is 6.10. The summed E-state index contributed by atoms with van der Waals surface area (Å²) in [7, 11) is 0. The van der Waals surface area contributed by atoms with Gasteiger partial charge in [-0.3, -0.25) is 0 Å². The molecule has 2 amide bonds. The SMILES string of the molecule is CC(C)NC(=O)NC(Cc1ccc(O)c(O)c1)C(=O)O. The van der Waals surface area contributed by atoms with Gasteiger partial charge in [0.05, 0.1) is 0 Å². The molecule has 0 heterocycles. The van der Waals surface area contributed by atoms with Crippen LogP contribution in [-0.2, 0) is 11.2 Å². The van der Waals surface area contributed by atoms with Crippen LogP contribution >= 0.6 is 0 Å². The fraction of sp³-hybridized carbons (Fsp3) is 0.385. The molecule has 20 heavy (non-hydrogen) atoms. The highest BCUT2D eigenvalue weighted by molar-refractivity contribution is 5.82. The molecule has 1 rings (SSSR count). The summed E-state index contributed by atoms with van der Waals surface area (Å²) in [4.78, 5) is 22.6. The number of carboxylic acids is 1. The highest BCUT2D eigenvalue weighted by Gasteiger charge is 2.21. The molecule has 0 radical (unpaired) electrons. The van der Waals surface area contributed by atoms with Gasteiger partial charge >= 0.3 is 12.0 Å². The van der Waals surface area contributed by atoms with E-state index >= 15 is 0 Å². The summed E-state index contributed by atoms with van der Waals surface area (Å²) in [5.41, 5.74) is 0.484. The van der Waals surface area contributed by atoms with Gasteiger partial charge in [-0.2, -0.15) is 0 Å². The Morgan fingerprint density at radius 3 is 2.30 bits per heavy atom. The number of nitrogens with one attached hydrogen (secondary N) is 2. The van der Waals surface area contributed by atoms with E-state index < -0.39 is 18.0 Å². The van der Waals surface area contributed by atoms with Crippen molar-refractivity contribution < 1.29 is 24.9 Å². The van der Waals surface area contributed by atoms with Crippen LogP contribution in [0.3, 0.4) is 0 Å². The number of carbonyl (C=O) groups is 2. The first-order chi connectivity index (χ1) is 9.29. The van der Waals surface area contributed by atoms with E-state index in [1.54, 1.807) is 13.8 Å². The molecule has 0 saturated carbocycles. The third kappa shape index (κ3) is 4.68. The van der Waals surface area contributed by atoms with Crippen molar-refractivity contribution in [2.24, 2.45) is 0 Å². The van der Waals surface area contributed by atoms with Gasteiger partial charge < -0.3 is 26.0 Å². The third-order valence-electron chi connectivity index (χ3n) is 2.50. The molecule has 0 aromatic heterocycles. The molecular weight excluding hydrogens is 264 g/mol. The van der Waals surface area contributed by atoms with E-state index in [4.69, 9.17) is 5.11 Å². The van der Waals surface area contributed by atoms with Gasteiger partial charge in [-0.1, -0.05) is 6.07 Å². The number of carboxylic acid groups (broad SMARTS) is 1. The van der Waals surface area contributed by atoms with Crippen LogP contribution in [-0.4, -0.2) is 39.4 Å². The van der Waals surface area contributed by atoms with Crippen molar-refractivity contribution in [3.05, 3.63) is 23.8 Å². The normalized spacial score (nSPS) is 11.9. The van der Waals surface area contributed by atoms with Crippen LogP contribution in [0.2, 0.25) is 0 Å². The second kappa shape index (κ2) is 6.65. The molecule has 0 saturated heterocycles. The molecular formula is C13H18N2O5. The van der Waals surface area contributed by atoms with E-state index in [9.17, 15) is 19.8 Å². The molecule has 1 unspecified atom stereocenters. The number of amides is 2. The zero-order valence-corrected chi connectivity index (χ0v) is 11.3. The number of carbonyl (C=O) groups excluding carboxylic acids is 1. The second-order valence-corrected chi connectivity index (χ2v) is 4.69. The van der Waals surface area contributed by atoms with Crippen molar-refractivity contribution in [1.29, 1.82) is 0 Å². The number of phenolic OH excluding ortho intramolecular Hbond substituents is 2. The van der Waals surface area contributed by atoms with Gasteiger partial charge in [-0.05, 0) is 31.5 Å². The Hall–Kier alpha value is -2.44. The fourth-order valence-electron chi connectivity index (χ4n) is 1.59. The standard InChI is InChI=1S/C13H18N2O5/c1-7(2)14-13(20)15-9(12(18)19)5-8-3-4-10(16)11(17)6-8/h3-4,6-7,9,16-17H,5H2,1-2H3,(H,18,19)(H2,14,15,20). The van der Waals surface area contributed by atoms with Crippen molar-refractivity contribution >= 4 is 12.0 Å². The number of benzene rings is 1. The molecule has 0 aliphatic carbocycles. The van der Waals surface area contributed by atoms with Gasteiger partial charge in [0.15, 0.2) is 11.5 Å². The van der Waals surface area contributed by atoms with Gasteiger partial charge in [0, 0.05) is 12.5 Å². The number of aliphatic carboxylic acids is 1. The maximum absolute atomic E-state index is 11.5. The number of hydrogen-bond donors (Lipinski definition) is 5. The second-order valence-electron chi connectivity index (χ2n) is 4.69. The predicted molar refractivity (Wildman–Crippen MR) is 71.7 cm³/mol. The van der Waals surface area contributed by atoms with Gasteiger partial charge in [-0.15, -0.1) is 0 Å². The lowest BCUT2D eigenvalue weighted by Crippen LogP contribution is -2.48. The number of rotatable bonds is 5. The van der Waals surface area contributed by atoms with E-state index in [1.165, 1.54) is 18.2 Å². The fourth-order valence-corrected chi connectivity index (χ4v) is 1.59. The van der Waals surface area contributed by atoms with Crippen LogP contribution in [0.15, 0.2) is 18.2 Å². The number of phenols is 2. The van der Waals surface area contributed by atoms with Gasteiger partial charge in [0.1, 0.15) is 6.04 Å². The molecule has 110 valence electrons. The Morgan fingerprint density at radius 2 is 1.80 bits per heavy atom. The average molecular weight is 282 g/mol. The smallest absolute Gasteiger partial charge is 0.326 e. The maximum Gasteiger partial charge on any atom is 0.326 e. The summed E-state index contributed by atoms with van der Waals surface area (Å²) < 4.78 is 0. The van der Waals surface area contributed by atoms with E-state index in [0.29, 0.717) is 5.56 Å². The van der Waals surface area contributed by atoms with Crippen LogP contribution in [0.25, 0.3) is 0 Å². The molecule has 0 aliphatic heterocycles. The first kappa shape index (κ1) is 15.6. The Kier molecular flexibility index (Phi) is 5.19. The minimum Gasteiger partial charge on any atom is -0.504 e. The number of aromatic hydroxyl groups is 2.